The molecule has 0 heterocycles. The molecule has 0 spiro atoms. The molecule has 2 rings (SSSR count). The van der Waals surface area contributed by atoms with Gasteiger partial charge in [-0.25, -0.2) is 0 Å². The van der Waals surface area contributed by atoms with Crippen LogP contribution in [0.3, 0.4) is 0 Å². The van der Waals surface area contributed by atoms with Crippen molar-refractivity contribution in [1.29, 1.82) is 0 Å². The summed E-state index contributed by atoms with van der Waals surface area (Å²) in [5.74, 6) is 0. The van der Waals surface area contributed by atoms with Gasteiger partial charge in [0.05, 0.1) is 0 Å². The molecule has 0 atom stereocenters. The molecule has 0 N–H and O–H groups in total. The molecule has 0 saturated heterocycles. The Balaban J connectivity index is 2.49. The first-order valence-corrected chi connectivity index (χ1v) is 5.22. The van der Waals surface area contributed by atoms with Gasteiger partial charge in [-0.3, -0.25) is 0 Å². The maximum atomic E-state index is 6.10. The van der Waals surface area contributed by atoms with E-state index in [0.717, 1.165) is 27.4 Å². The summed E-state index contributed by atoms with van der Waals surface area (Å²) in [6, 6.07) is 7.79. The molecule has 0 aliphatic heterocycles. The van der Waals surface area contributed by atoms with Crippen LogP contribution in [0.1, 0.15) is 12.0 Å². The Bertz CT molecular complexity index is 430. The normalized spacial score (nSPS) is 15.5. The van der Waals surface area contributed by atoms with Crippen molar-refractivity contribution >= 4 is 34.3 Å². The van der Waals surface area contributed by atoms with Crippen LogP contribution < -0.4 is 0 Å². The van der Waals surface area contributed by atoms with Gasteiger partial charge >= 0.3 is 0 Å². The standard InChI is InChI=1S/C12H9ClS/c13-11-7-3-1-5-9(11)10-6-2-4-8-12(10)14/h1-7H,8H2. The monoisotopic (exact) mass is 220 g/mol. The van der Waals surface area contributed by atoms with Crippen molar-refractivity contribution in [1.82, 2.24) is 0 Å². The topological polar surface area (TPSA) is 0 Å². The number of thiocarbonyl (C=S) groups is 1. The molecule has 1 aromatic rings. The Morgan fingerprint density at radius 2 is 2.00 bits per heavy atom. The van der Waals surface area contributed by atoms with Gasteiger partial charge in [0, 0.05) is 21.9 Å². The molecule has 0 aromatic heterocycles. The van der Waals surface area contributed by atoms with Gasteiger partial charge in [0.1, 0.15) is 0 Å². The molecule has 0 saturated carbocycles. The molecule has 0 bridgehead atoms. The number of rotatable bonds is 1. The van der Waals surface area contributed by atoms with Gasteiger partial charge in [-0.05, 0) is 11.6 Å². The lowest BCUT2D eigenvalue weighted by Gasteiger charge is -2.11. The first-order chi connectivity index (χ1) is 6.79. The molecule has 0 amide bonds. The van der Waals surface area contributed by atoms with Gasteiger partial charge in [-0.1, -0.05) is 60.2 Å². The second-order valence-electron chi connectivity index (χ2n) is 3.12. The highest BCUT2D eigenvalue weighted by atomic mass is 35.5. The van der Waals surface area contributed by atoms with E-state index >= 15 is 0 Å². The molecule has 14 heavy (non-hydrogen) atoms. The van der Waals surface area contributed by atoms with Crippen molar-refractivity contribution in [2.24, 2.45) is 0 Å². The predicted molar refractivity (Wildman–Crippen MR) is 65.8 cm³/mol. The molecule has 0 fully saturated rings. The quantitative estimate of drug-likeness (QED) is 0.644. The lowest BCUT2D eigenvalue weighted by molar-refractivity contribution is 1.49. The lowest BCUT2D eigenvalue weighted by Crippen LogP contribution is -2.00. The average molecular weight is 221 g/mol. The fraction of sp³-hybridized carbons (Fsp3) is 0.0833. The first-order valence-electron chi connectivity index (χ1n) is 4.44. The van der Waals surface area contributed by atoms with Gasteiger partial charge in [0.15, 0.2) is 0 Å². The highest BCUT2D eigenvalue weighted by Gasteiger charge is 2.11. The number of halogens is 1. The van der Waals surface area contributed by atoms with E-state index in [1.54, 1.807) is 0 Å². The van der Waals surface area contributed by atoms with E-state index in [2.05, 4.69) is 6.08 Å². The summed E-state index contributed by atoms with van der Waals surface area (Å²) in [4.78, 5) is 0.959. The van der Waals surface area contributed by atoms with Gasteiger partial charge in [0.25, 0.3) is 0 Å². The van der Waals surface area contributed by atoms with Crippen LogP contribution in [0.5, 0.6) is 0 Å². The van der Waals surface area contributed by atoms with E-state index in [1.165, 1.54) is 0 Å². The van der Waals surface area contributed by atoms with Gasteiger partial charge in [-0.2, -0.15) is 0 Å². The van der Waals surface area contributed by atoms with Gasteiger partial charge < -0.3 is 0 Å². The van der Waals surface area contributed by atoms with Crippen LogP contribution in [0.4, 0.5) is 0 Å². The van der Waals surface area contributed by atoms with Crippen LogP contribution in [0.25, 0.3) is 5.57 Å². The van der Waals surface area contributed by atoms with Crippen LogP contribution in [0, 0.1) is 0 Å². The van der Waals surface area contributed by atoms with Crippen LogP contribution in [-0.2, 0) is 0 Å². The summed E-state index contributed by atoms with van der Waals surface area (Å²) in [5, 5.41) is 0.761. The minimum absolute atomic E-state index is 0.761. The third-order valence-corrected chi connectivity index (χ3v) is 2.88. The van der Waals surface area contributed by atoms with E-state index in [9.17, 15) is 0 Å². The Labute approximate surface area is 93.9 Å². The summed E-state index contributed by atoms with van der Waals surface area (Å²) in [7, 11) is 0. The van der Waals surface area contributed by atoms with Crippen molar-refractivity contribution in [3.8, 4) is 0 Å². The summed E-state index contributed by atoms with van der Waals surface area (Å²) < 4.78 is 0. The molecule has 0 nitrogen and oxygen atoms in total. The second kappa shape index (κ2) is 4.07. The zero-order valence-corrected chi connectivity index (χ0v) is 9.11. The van der Waals surface area contributed by atoms with Crippen LogP contribution in [0.2, 0.25) is 5.02 Å². The summed E-state index contributed by atoms with van der Waals surface area (Å²) >= 11 is 11.4. The Morgan fingerprint density at radius 3 is 2.71 bits per heavy atom. The van der Waals surface area contributed by atoms with Crippen molar-refractivity contribution < 1.29 is 0 Å². The third kappa shape index (κ3) is 1.79. The molecule has 1 aromatic carbocycles. The van der Waals surface area contributed by atoms with Gasteiger partial charge in [0.2, 0.25) is 0 Å². The fourth-order valence-corrected chi connectivity index (χ4v) is 1.97. The van der Waals surface area contributed by atoms with Crippen LogP contribution >= 0.6 is 23.8 Å². The first kappa shape index (κ1) is 9.63. The molecular formula is C12H9ClS. The molecular weight excluding hydrogens is 212 g/mol. The van der Waals surface area contributed by atoms with Crippen LogP contribution in [-0.4, -0.2) is 4.86 Å². The fourth-order valence-electron chi connectivity index (χ4n) is 1.46. The smallest absolute Gasteiger partial charge is 0.0484 e. The largest absolute Gasteiger partial charge is 0.0839 e. The van der Waals surface area contributed by atoms with E-state index in [4.69, 9.17) is 23.8 Å². The molecule has 1 aliphatic carbocycles. The number of hydrogen-bond acceptors (Lipinski definition) is 1. The molecule has 0 unspecified atom stereocenters. The Kier molecular flexibility index (Phi) is 2.80. The van der Waals surface area contributed by atoms with E-state index in [-0.39, 0.29) is 0 Å². The number of allylic oxidation sites excluding steroid dienone is 4. The molecule has 1 aliphatic rings. The predicted octanol–water partition coefficient (Wildman–Crippen LogP) is 4.05. The molecule has 70 valence electrons. The van der Waals surface area contributed by atoms with E-state index in [1.807, 2.05) is 36.4 Å². The Hall–Kier alpha value is -0.920. The van der Waals surface area contributed by atoms with Crippen molar-refractivity contribution in [3.63, 3.8) is 0 Å². The summed E-state index contributed by atoms with van der Waals surface area (Å²) in [6.45, 7) is 0. The highest BCUT2D eigenvalue weighted by molar-refractivity contribution is 7.81. The summed E-state index contributed by atoms with van der Waals surface area (Å²) in [6.07, 6.45) is 6.94. The van der Waals surface area contributed by atoms with Crippen molar-refractivity contribution in [3.05, 3.63) is 53.1 Å². The van der Waals surface area contributed by atoms with Crippen molar-refractivity contribution in [2.75, 3.05) is 0 Å². The lowest BCUT2D eigenvalue weighted by atomic mass is 9.97. The minimum Gasteiger partial charge on any atom is -0.0839 e. The average Bonchev–Trinajstić information content (AvgIpc) is 2.20. The third-order valence-electron chi connectivity index (χ3n) is 2.17. The molecule has 0 radical (unpaired) electrons. The number of hydrogen-bond donors (Lipinski definition) is 0. The minimum atomic E-state index is 0.761. The van der Waals surface area contributed by atoms with Crippen LogP contribution in [0.15, 0.2) is 42.5 Å². The highest BCUT2D eigenvalue weighted by Crippen LogP contribution is 2.27. The summed E-state index contributed by atoms with van der Waals surface area (Å²) in [5.41, 5.74) is 2.11. The molecule has 2 heteroatoms. The maximum absolute atomic E-state index is 6.10. The zero-order valence-electron chi connectivity index (χ0n) is 7.53. The number of benzene rings is 1. The zero-order chi connectivity index (χ0) is 9.97. The SMILES string of the molecule is S=C1CC=CC=C1c1ccccc1Cl. The maximum Gasteiger partial charge on any atom is 0.0484 e. The second-order valence-corrected chi connectivity index (χ2v) is 4.02. The van der Waals surface area contributed by atoms with E-state index < -0.39 is 0 Å². The Morgan fingerprint density at radius 1 is 1.21 bits per heavy atom. The van der Waals surface area contributed by atoms with Crippen molar-refractivity contribution in [2.45, 2.75) is 6.42 Å². The van der Waals surface area contributed by atoms with E-state index in [0.29, 0.717) is 0 Å². The van der Waals surface area contributed by atoms with Gasteiger partial charge in [-0.15, -0.1) is 0 Å².